The number of aryl methyl sites for hydroxylation is 1. The summed E-state index contributed by atoms with van der Waals surface area (Å²) in [7, 11) is 0. The average molecular weight is 515 g/mol. The number of amides is 2. The zero-order chi connectivity index (χ0) is 26.0. The number of piperidine rings is 1. The van der Waals surface area contributed by atoms with Crippen LogP contribution >= 0.6 is 0 Å². The van der Waals surface area contributed by atoms with Crippen molar-refractivity contribution in [3.63, 3.8) is 0 Å². The predicted molar refractivity (Wildman–Crippen MR) is 144 cm³/mol. The number of benzene rings is 2. The number of rotatable bonds is 5. The molecule has 9 nitrogen and oxygen atoms in total. The van der Waals surface area contributed by atoms with Gasteiger partial charge in [0.2, 0.25) is 11.7 Å². The van der Waals surface area contributed by atoms with Crippen LogP contribution in [0.3, 0.4) is 0 Å². The van der Waals surface area contributed by atoms with Gasteiger partial charge in [-0.3, -0.25) is 14.7 Å². The van der Waals surface area contributed by atoms with Gasteiger partial charge in [-0.05, 0) is 67.2 Å². The molecule has 3 N–H and O–H groups in total. The van der Waals surface area contributed by atoms with Crippen LogP contribution in [-0.4, -0.2) is 59.3 Å². The molecule has 2 fully saturated rings. The molecule has 198 valence electrons. The predicted octanol–water partition coefficient (Wildman–Crippen LogP) is 3.48. The number of aromatic nitrogens is 3. The fourth-order valence-electron chi connectivity index (χ4n) is 5.92. The van der Waals surface area contributed by atoms with Gasteiger partial charge in [-0.2, -0.15) is 0 Å². The van der Waals surface area contributed by atoms with Gasteiger partial charge < -0.3 is 20.3 Å². The maximum atomic E-state index is 13.1. The maximum absolute atomic E-state index is 13.1. The lowest BCUT2D eigenvalue weighted by Crippen LogP contribution is -2.43. The molecular weight excluding hydrogens is 480 g/mol. The highest BCUT2D eigenvalue weighted by atomic mass is 16.5. The number of ether oxygens (including phenoxy) is 1. The SMILES string of the molecule is O=C(N[C@@H]1CCc2ccc(N3CCC4(CCOCC4)CC3)cc2NC1=O)c1n[nH]c(Cc2ccccc2)n1. The maximum Gasteiger partial charge on any atom is 0.291 e. The van der Waals surface area contributed by atoms with Gasteiger partial charge in [0.25, 0.3) is 5.91 Å². The summed E-state index contributed by atoms with van der Waals surface area (Å²) in [5.74, 6) is -0.0240. The number of H-pyrrole nitrogens is 1. The molecule has 3 aliphatic heterocycles. The standard InChI is InChI=1S/C29H34N6O3/c36-27-23(30-28(37)26-32-25(33-34-26)18-20-4-2-1-3-5-20)9-7-21-6-8-22(19-24(21)31-27)35-14-10-29(11-15-35)12-16-38-17-13-29/h1-6,8,19,23H,7,9-18H2,(H,30,37)(H,31,36)(H,32,33,34)/t23-/m1/s1. The lowest BCUT2D eigenvalue weighted by molar-refractivity contribution is -0.118. The Hall–Kier alpha value is -3.72. The highest BCUT2D eigenvalue weighted by Crippen LogP contribution is 2.42. The summed E-state index contributed by atoms with van der Waals surface area (Å²) >= 11 is 0. The van der Waals surface area contributed by atoms with Gasteiger partial charge in [0, 0.05) is 44.1 Å². The van der Waals surface area contributed by atoms with E-state index in [0.717, 1.165) is 61.6 Å². The second kappa shape index (κ2) is 10.6. The fraction of sp³-hybridized carbons (Fsp3) is 0.448. The van der Waals surface area contributed by atoms with Gasteiger partial charge in [-0.15, -0.1) is 5.10 Å². The number of hydrogen-bond donors (Lipinski definition) is 3. The monoisotopic (exact) mass is 514 g/mol. The average Bonchev–Trinajstić information content (AvgIpc) is 3.35. The van der Waals surface area contributed by atoms with Crippen LogP contribution in [0.15, 0.2) is 48.5 Å². The van der Waals surface area contributed by atoms with Gasteiger partial charge in [0.05, 0.1) is 0 Å². The zero-order valence-corrected chi connectivity index (χ0v) is 21.5. The van der Waals surface area contributed by atoms with Gasteiger partial charge >= 0.3 is 0 Å². The Balaban J connectivity index is 1.07. The van der Waals surface area contributed by atoms with Crippen LogP contribution in [0.4, 0.5) is 11.4 Å². The number of aromatic amines is 1. The van der Waals surface area contributed by atoms with Crippen LogP contribution in [0.5, 0.6) is 0 Å². The number of fused-ring (bicyclic) bond motifs is 1. The molecular formula is C29H34N6O3. The molecule has 2 aromatic carbocycles. The van der Waals surface area contributed by atoms with E-state index in [-0.39, 0.29) is 11.7 Å². The minimum atomic E-state index is -0.655. The molecule has 0 bridgehead atoms. The number of nitrogens with one attached hydrogen (secondary N) is 3. The Kier molecular flexibility index (Phi) is 6.84. The van der Waals surface area contributed by atoms with Crippen LogP contribution < -0.4 is 15.5 Å². The van der Waals surface area contributed by atoms with Crippen molar-refractivity contribution in [2.75, 3.05) is 36.5 Å². The first kappa shape index (κ1) is 24.6. The summed E-state index contributed by atoms with van der Waals surface area (Å²) in [5.41, 5.74) is 4.56. The summed E-state index contributed by atoms with van der Waals surface area (Å²) in [6.07, 6.45) is 6.45. The summed E-state index contributed by atoms with van der Waals surface area (Å²) in [6, 6.07) is 15.6. The summed E-state index contributed by atoms with van der Waals surface area (Å²) in [6.45, 7) is 3.81. The third-order valence-corrected chi connectivity index (χ3v) is 8.37. The Labute approximate surface area is 222 Å². The van der Waals surface area contributed by atoms with E-state index in [1.165, 1.54) is 12.8 Å². The van der Waals surface area contributed by atoms with Crippen molar-refractivity contribution in [1.29, 1.82) is 0 Å². The Morgan fingerprint density at radius 1 is 1.08 bits per heavy atom. The molecule has 38 heavy (non-hydrogen) atoms. The van der Waals surface area contributed by atoms with Crippen molar-refractivity contribution in [3.8, 4) is 0 Å². The van der Waals surface area contributed by atoms with E-state index < -0.39 is 11.9 Å². The smallest absolute Gasteiger partial charge is 0.291 e. The largest absolute Gasteiger partial charge is 0.381 e. The van der Waals surface area contributed by atoms with E-state index in [1.807, 2.05) is 30.3 Å². The quantitative estimate of drug-likeness (QED) is 0.481. The summed E-state index contributed by atoms with van der Waals surface area (Å²) in [4.78, 5) is 32.7. The van der Waals surface area contributed by atoms with Crippen molar-refractivity contribution >= 4 is 23.2 Å². The molecule has 3 aromatic rings. The Bertz CT molecular complexity index is 1290. The number of carbonyl (C=O) groups excluding carboxylic acids is 2. The lowest BCUT2D eigenvalue weighted by atomic mass is 9.72. The lowest BCUT2D eigenvalue weighted by Gasteiger charge is -2.45. The van der Waals surface area contributed by atoms with Crippen molar-refractivity contribution in [3.05, 3.63) is 71.3 Å². The van der Waals surface area contributed by atoms with E-state index in [4.69, 9.17) is 4.74 Å². The van der Waals surface area contributed by atoms with Crippen LogP contribution in [0, 0.1) is 5.41 Å². The molecule has 6 rings (SSSR count). The van der Waals surface area contributed by atoms with Crippen LogP contribution in [0.1, 0.15) is 59.7 Å². The normalized spacial score (nSPS) is 20.9. The topological polar surface area (TPSA) is 112 Å². The van der Waals surface area contributed by atoms with E-state index in [1.54, 1.807) is 0 Å². The first-order valence-electron chi connectivity index (χ1n) is 13.6. The summed E-state index contributed by atoms with van der Waals surface area (Å²) in [5, 5.41) is 12.8. The molecule has 4 heterocycles. The Morgan fingerprint density at radius 2 is 1.87 bits per heavy atom. The van der Waals surface area contributed by atoms with Gasteiger partial charge in [0.15, 0.2) is 0 Å². The highest BCUT2D eigenvalue weighted by Gasteiger charge is 2.36. The van der Waals surface area contributed by atoms with Crippen LogP contribution in [-0.2, 0) is 22.4 Å². The molecule has 0 saturated carbocycles. The highest BCUT2D eigenvalue weighted by molar-refractivity contribution is 6.01. The molecule has 0 radical (unpaired) electrons. The van der Waals surface area contributed by atoms with Crippen molar-refractivity contribution < 1.29 is 14.3 Å². The number of anilines is 2. The minimum Gasteiger partial charge on any atom is -0.381 e. The second-order valence-corrected chi connectivity index (χ2v) is 10.8. The number of nitrogens with zero attached hydrogens (tertiary/aromatic N) is 3. The van der Waals surface area contributed by atoms with E-state index in [9.17, 15) is 9.59 Å². The molecule has 0 aliphatic carbocycles. The van der Waals surface area contributed by atoms with Crippen molar-refractivity contribution in [2.45, 2.75) is 51.0 Å². The van der Waals surface area contributed by atoms with Crippen molar-refractivity contribution in [1.82, 2.24) is 20.5 Å². The number of hydrogen-bond acceptors (Lipinski definition) is 6. The Morgan fingerprint density at radius 3 is 2.66 bits per heavy atom. The van der Waals surface area contributed by atoms with Gasteiger partial charge in [-0.25, -0.2) is 4.98 Å². The molecule has 0 unspecified atom stereocenters. The molecule has 2 amide bonds. The van der Waals surface area contributed by atoms with E-state index >= 15 is 0 Å². The van der Waals surface area contributed by atoms with Crippen molar-refractivity contribution in [2.24, 2.45) is 5.41 Å². The van der Waals surface area contributed by atoms with Crippen LogP contribution in [0.2, 0.25) is 0 Å². The zero-order valence-electron chi connectivity index (χ0n) is 21.5. The molecule has 3 aliphatic rings. The first-order chi connectivity index (χ1) is 18.6. The number of carbonyl (C=O) groups is 2. The molecule has 9 heteroatoms. The molecule has 1 spiro atoms. The third kappa shape index (κ3) is 5.29. The minimum absolute atomic E-state index is 0.0418. The van der Waals surface area contributed by atoms with Gasteiger partial charge in [0.1, 0.15) is 11.9 Å². The van der Waals surface area contributed by atoms with Gasteiger partial charge in [-0.1, -0.05) is 36.4 Å². The second-order valence-electron chi connectivity index (χ2n) is 10.8. The third-order valence-electron chi connectivity index (χ3n) is 8.37. The van der Waals surface area contributed by atoms with E-state index in [0.29, 0.717) is 30.5 Å². The molecule has 1 atom stereocenters. The molecule has 1 aromatic heterocycles. The molecule has 2 saturated heterocycles. The summed E-state index contributed by atoms with van der Waals surface area (Å²) < 4.78 is 5.58. The fourth-order valence-corrected chi connectivity index (χ4v) is 5.92. The first-order valence-corrected chi connectivity index (χ1v) is 13.6. The van der Waals surface area contributed by atoms with E-state index in [2.05, 4.69) is 48.9 Å². The van der Waals surface area contributed by atoms with Crippen LogP contribution in [0.25, 0.3) is 0 Å².